The molecule has 0 radical (unpaired) electrons. The van der Waals surface area contributed by atoms with E-state index in [0.29, 0.717) is 10.0 Å². The van der Waals surface area contributed by atoms with E-state index < -0.39 is 5.97 Å². The Labute approximate surface area is 158 Å². The van der Waals surface area contributed by atoms with Gasteiger partial charge in [-0.2, -0.15) is 0 Å². The van der Waals surface area contributed by atoms with Crippen LogP contribution in [-0.4, -0.2) is 15.9 Å². The Balaban J connectivity index is 0.00000162. The first-order valence-corrected chi connectivity index (χ1v) is 5.35. The van der Waals surface area contributed by atoms with Gasteiger partial charge in [0.2, 0.25) is 0 Å². The molecule has 4 nitrogen and oxygen atoms in total. The Hall–Kier alpha value is -0.0136. The summed E-state index contributed by atoms with van der Waals surface area (Å²) in [6.07, 6.45) is 2.72. The molecular weight excluding hydrogens is 302 g/mol. The molecule has 18 heavy (non-hydrogen) atoms. The van der Waals surface area contributed by atoms with Gasteiger partial charge in [0.15, 0.2) is 5.69 Å². The zero-order valence-corrected chi connectivity index (χ0v) is 14.1. The van der Waals surface area contributed by atoms with E-state index in [4.69, 9.17) is 27.9 Å². The standard InChI is InChI=1S/C11H6Cl2N2O2.K.H/c12-7-3-8(13)5-9(4-7)17-11(16)10-1-2-14-6-15-10;;/h1-6H;;/q;+1;-1. The van der Waals surface area contributed by atoms with Crippen molar-refractivity contribution in [1.82, 2.24) is 9.97 Å². The van der Waals surface area contributed by atoms with E-state index in [9.17, 15) is 4.79 Å². The molecule has 0 amide bonds. The minimum atomic E-state index is -0.592. The summed E-state index contributed by atoms with van der Waals surface area (Å²) < 4.78 is 5.06. The van der Waals surface area contributed by atoms with Crippen LogP contribution < -0.4 is 56.1 Å². The Kier molecular flexibility index (Phi) is 6.72. The predicted molar refractivity (Wildman–Crippen MR) is 64.6 cm³/mol. The van der Waals surface area contributed by atoms with Gasteiger partial charge in [0.25, 0.3) is 0 Å². The summed E-state index contributed by atoms with van der Waals surface area (Å²) >= 11 is 11.6. The van der Waals surface area contributed by atoms with Gasteiger partial charge in [0, 0.05) is 16.2 Å². The zero-order valence-electron chi connectivity index (χ0n) is 10.4. The third kappa shape index (κ3) is 4.58. The quantitative estimate of drug-likeness (QED) is 0.449. The Morgan fingerprint density at radius 3 is 2.44 bits per heavy atom. The largest absolute Gasteiger partial charge is 1.00 e. The summed E-state index contributed by atoms with van der Waals surface area (Å²) in [5.74, 6) is -0.322. The number of hydrogen-bond acceptors (Lipinski definition) is 4. The van der Waals surface area contributed by atoms with Crippen molar-refractivity contribution in [3.8, 4) is 5.75 Å². The number of nitrogens with zero attached hydrogens (tertiary/aromatic N) is 2. The van der Waals surface area contributed by atoms with Crippen LogP contribution in [0.1, 0.15) is 11.9 Å². The number of esters is 1. The fourth-order valence-electron chi connectivity index (χ4n) is 1.16. The number of ether oxygens (including phenoxy) is 1. The topological polar surface area (TPSA) is 52.1 Å². The van der Waals surface area contributed by atoms with Crippen molar-refractivity contribution in [3.05, 3.63) is 52.5 Å². The Bertz CT molecular complexity index is 537. The van der Waals surface area contributed by atoms with Gasteiger partial charge >= 0.3 is 57.4 Å². The average molecular weight is 309 g/mol. The number of hydrogen-bond donors (Lipinski definition) is 0. The molecule has 88 valence electrons. The van der Waals surface area contributed by atoms with Crippen LogP contribution in [0.5, 0.6) is 5.75 Å². The zero-order chi connectivity index (χ0) is 12.3. The third-order valence-corrected chi connectivity index (χ3v) is 2.27. The average Bonchev–Trinajstić information content (AvgIpc) is 2.28. The van der Waals surface area contributed by atoms with Crippen LogP contribution in [-0.2, 0) is 0 Å². The molecule has 2 rings (SSSR count). The van der Waals surface area contributed by atoms with E-state index in [2.05, 4.69) is 9.97 Å². The van der Waals surface area contributed by atoms with Crippen LogP contribution in [0.15, 0.2) is 36.8 Å². The molecule has 0 saturated heterocycles. The molecule has 2 aromatic rings. The number of aromatic nitrogens is 2. The molecule has 0 saturated carbocycles. The Morgan fingerprint density at radius 1 is 1.22 bits per heavy atom. The van der Waals surface area contributed by atoms with E-state index in [1.54, 1.807) is 6.07 Å². The first-order chi connectivity index (χ1) is 8.15. The van der Waals surface area contributed by atoms with Crippen molar-refractivity contribution < 1.29 is 62.3 Å². The third-order valence-electron chi connectivity index (χ3n) is 1.84. The van der Waals surface area contributed by atoms with Crippen molar-refractivity contribution >= 4 is 29.2 Å². The van der Waals surface area contributed by atoms with Crippen molar-refractivity contribution in [1.29, 1.82) is 0 Å². The van der Waals surface area contributed by atoms with Gasteiger partial charge < -0.3 is 6.16 Å². The van der Waals surface area contributed by atoms with Crippen LogP contribution in [0.4, 0.5) is 0 Å². The summed E-state index contributed by atoms with van der Waals surface area (Å²) in [5.41, 5.74) is 0.163. The van der Waals surface area contributed by atoms with Crippen molar-refractivity contribution in [2.75, 3.05) is 0 Å². The molecule has 1 aromatic heterocycles. The summed E-state index contributed by atoms with van der Waals surface area (Å²) in [7, 11) is 0. The van der Waals surface area contributed by atoms with E-state index in [1.165, 1.54) is 30.7 Å². The van der Waals surface area contributed by atoms with E-state index in [1.807, 2.05) is 0 Å². The van der Waals surface area contributed by atoms with Crippen molar-refractivity contribution in [3.63, 3.8) is 0 Å². The van der Waals surface area contributed by atoms with Crippen molar-refractivity contribution in [2.24, 2.45) is 0 Å². The molecule has 0 aliphatic heterocycles. The molecule has 0 unspecified atom stereocenters. The van der Waals surface area contributed by atoms with Crippen LogP contribution in [0.3, 0.4) is 0 Å². The second-order valence-electron chi connectivity index (χ2n) is 3.09. The first kappa shape index (κ1) is 16.0. The summed E-state index contributed by atoms with van der Waals surface area (Å²) in [5, 5.41) is 0.783. The Morgan fingerprint density at radius 2 is 1.89 bits per heavy atom. The molecule has 0 aliphatic rings. The van der Waals surface area contributed by atoms with Crippen LogP contribution in [0.2, 0.25) is 10.0 Å². The summed E-state index contributed by atoms with van der Waals surface area (Å²) in [6, 6.07) is 5.98. The maximum Gasteiger partial charge on any atom is 1.00 e. The molecule has 1 heterocycles. The summed E-state index contributed by atoms with van der Waals surface area (Å²) in [6.45, 7) is 0. The van der Waals surface area contributed by atoms with Gasteiger partial charge in [-0.05, 0) is 24.3 Å². The molecule has 0 N–H and O–H groups in total. The van der Waals surface area contributed by atoms with Crippen LogP contribution in [0.25, 0.3) is 0 Å². The van der Waals surface area contributed by atoms with Gasteiger partial charge in [-0.25, -0.2) is 14.8 Å². The molecule has 0 bridgehead atoms. The molecule has 0 aliphatic carbocycles. The first-order valence-electron chi connectivity index (χ1n) is 4.59. The van der Waals surface area contributed by atoms with Gasteiger partial charge in [0.05, 0.1) is 0 Å². The number of halogens is 2. The number of rotatable bonds is 2. The minimum absolute atomic E-state index is 0. The maximum atomic E-state index is 11.6. The number of carbonyl (C=O) groups is 1. The summed E-state index contributed by atoms with van der Waals surface area (Å²) in [4.78, 5) is 19.1. The molecule has 0 spiro atoms. The minimum Gasteiger partial charge on any atom is -1.00 e. The van der Waals surface area contributed by atoms with Gasteiger partial charge in [-0.15, -0.1) is 0 Å². The normalized spacial score (nSPS) is 9.44. The van der Waals surface area contributed by atoms with Crippen molar-refractivity contribution in [2.45, 2.75) is 0 Å². The van der Waals surface area contributed by atoms with E-state index >= 15 is 0 Å². The second kappa shape index (κ2) is 7.55. The number of carbonyl (C=O) groups excluding carboxylic acids is 1. The molecule has 0 fully saturated rings. The molecule has 1 aromatic carbocycles. The fraction of sp³-hybridized carbons (Fsp3) is 0. The molecule has 7 heteroatoms. The maximum absolute atomic E-state index is 11.6. The van der Waals surface area contributed by atoms with Crippen LogP contribution >= 0.6 is 23.2 Å². The molecular formula is C11H7Cl2KN2O2. The number of benzene rings is 1. The van der Waals surface area contributed by atoms with E-state index in [0.717, 1.165) is 0 Å². The fourth-order valence-corrected chi connectivity index (χ4v) is 1.66. The second-order valence-corrected chi connectivity index (χ2v) is 3.96. The van der Waals surface area contributed by atoms with E-state index in [-0.39, 0.29) is 64.3 Å². The smallest absolute Gasteiger partial charge is 1.00 e. The SMILES string of the molecule is O=C(Oc1cc(Cl)cc(Cl)c1)c1ccncn1.[H-].[K+]. The van der Waals surface area contributed by atoms with Crippen LogP contribution in [0, 0.1) is 0 Å². The van der Waals surface area contributed by atoms with Gasteiger partial charge in [-0.3, -0.25) is 0 Å². The monoisotopic (exact) mass is 308 g/mol. The molecule has 0 atom stereocenters. The predicted octanol–water partition coefficient (Wildman–Crippen LogP) is 0.119. The van der Waals surface area contributed by atoms with Gasteiger partial charge in [0.1, 0.15) is 12.1 Å². The van der Waals surface area contributed by atoms with Gasteiger partial charge in [-0.1, -0.05) is 23.2 Å².